The summed E-state index contributed by atoms with van der Waals surface area (Å²) in [5.41, 5.74) is 3.01. The summed E-state index contributed by atoms with van der Waals surface area (Å²) >= 11 is 15.4. The van der Waals surface area contributed by atoms with Crippen LogP contribution in [0.2, 0.25) is 0 Å². The number of aryl methyl sites for hydroxylation is 1. The number of hydrogen-bond donors (Lipinski definition) is 0. The van der Waals surface area contributed by atoms with E-state index in [2.05, 4.69) is 54.8 Å². The van der Waals surface area contributed by atoms with Crippen LogP contribution in [-0.2, 0) is 5.60 Å². The predicted octanol–water partition coefficient (Wildman–Crippen LogP) is 6.28. The molecule has 1 saturated carbocycles. The minimum atomic E-state index is -0.955. The number of fused-ring (bicyclic) bond motifs is 2. The van der Waals surface area contributed by atoms with Crippen LogP contribution in [0.1, 0.15) is 27.5 Å². The Bertz CT molecular complexity index is 950. The van der Waals surface area contributed by atoms with Crippen molar-refractivity contribution in [1.29, 1.82) is 0 Å². The van der Waals surface area contributed by atoms with Crippen LogP contribution in [0.3, 0.4) is 0 Å². The van der Waals surface area contributed by atoms with Gasteiger partial charge >= 0.3 is 0 Å². The maximum atomic E-state index is 6.90. The van der Waals surface area contributed by atoms with Crippen molar-refractivity contribution in [2.24, 2.45) is 5.92 Å². The minimum absolute atomic E-state index is 0.0158. The van der Waals surface area contributed by atoms with Gasteiger partial charge in [0.15, 0.2) is 9.93 Å². The van der Waals surface area contributed by atoms with E-state index >= 15 is 0 Å². The summed E-state index contributed by atoms with van der Waals surface area (Å²) in [6.45, 7) is 2.15. The van der Waals surface area contributed by atoms with Gasteiger partial charge in [0.05, 0.1) is 10.8 Å². The molecule has 0 bridgehead atoms. The molecule has 126 valence electrons. The molecule has 4 heteroatoms. The normalized spacial score (nSPS) is 28.6. The van der Waals surface area contributed by atoms with E-state index in [1.165, 1.54) is 11.1 Å². The molecule has 25 heavy (non-hydrogen) atoms. The molecule has 1 aromatic heterocycles. The monoisotopic (exact) mass is 386 g/mol. The molecule has 1 fully saturated rings. The van der Waals surface area contributed by atoms with Crippen LogP contribution in [0, 0.1) is 12.8 Å². The second kappa shape index (κ2) is 5.26. The fourth-order valence-electron chi connectivity index (χ4n) is 4.31. The Morgan fingerprint density at radius 1 is 0.920 bits per heavy atom. The molecule has 3 aromatic rings. The Morgan fingerprint density at radius 3 is 2.36 bits per heavy atom. The van der Waals surface area contributed by atoms with Gasteiger partial charge in [0.25, 0.3) is 0 Å². The van der Waals surface area contributed by atoms with Crippen LogP contribution < -0.4 is 4.74 Å². The van der Waals surface area contributed by atoms with Gasteiger partial charge < -0.3 is 4.74 Å². The van der Waals surface area contributed by atoms with Crippen molar-refractivity contribution < 1.29 is 4.74 Å². The Morgan fingerprint density at radius 2 is 1.64 bits per heavy atom. The topological polar surface area (TPSA) is 9.23 Å². The van der Waals surface area contributed by atoms with Crippen LogP contribution in [0.4, 0.5) is 0 Å². The van der Waals surface area contributed by atoms with Gasteiger partial charge in [-0.05, 0) is 35.6 Å². The number of benzene rings is 2. The lowest BCUT2D eigenvalue weighted by Crippen LogP contribution is -2.28. The van der Waals surface area contributed by atoms with E-state index in [9.17, 15) is 0 Å². The summed E-state index contributed by atoms with van der Waals surface area (Å²) in [4.78, 5) is 1.09. The highest BCUT2D eigenvalue weighted by atomic mass is 35.5. The van der Waals surface area contributed by atoms with E-state index in [4.69, 9.17) is 27.9 Å². The van der Waals surface area contributed by atoms with Gasteiger partial charge in [-0.3, -0.25) is 0 Å². The largest absolute Gasteiger partial charge is 0.478 e. The summed E-state index contributed by atoms with van der Waals surface area (Å²) < 4.78 is 5.54. The third-order valence-corrected chi connectivity index (χ3v) is 7.53. The predicted molar refractivity (Wildman–Crippen MR) is 104 cm³/mol. The molecular formula is C21H16Cl2OS. The Labute approximate surface area is 161 Å². The molecule has 5 rings (SSSR count). The summed E-state index contributed by atoms with van der Waals surface area (Å²) in [6, 6.07) is 20.8. The highest BCUT2D eigenvalue weighted by molar-refractivity contribution is 7.10. The van der Waals surface area contributed by atoms with E-state index in [-0.39, 0.29) is 11.8 Å². The third-order valence-electron chi connectivity index (χ3n) is 5.51. The van der Waals surface area contributed by atoms with E-state index in [0.717, 1.165) is 16.2 Å². The van der Waals surface area contributed by atoms with Crippen molar-refractivity contribution in [3.8, 4) is 5.75 Å². The summed E-state index contributed by atoms with van der Waals surface area (Å²) in [6.07, 6.45) is 0. The second-order valence-electron chi connectivity index (χ2n) is 6.79. The number of ether oxygens (including phenoxy) is 1. The van der Waals surface area contributed by atoms with Crippen molar-refractivity contribution in [3.05, 3.63) is 87.6 Å². The molecule has 1 nitrogen and oxygen atoms in total. The lowest BCUT2D eigenvalue weighted by atomic mass is 9.81. The standard InChI is InChI=1S/C21H16Cl2OS/c1-13-7-2-3-8-14(13)18-15-9-4-5-10-16(15)24-20(17-11-6-12-25-17)19(18)21(20,22)23/h2-12,18-19H,1H3/t18-,19-,20-/m0/s1. The average Bonchev–Trinajstić information content (AvgIpc) is 2.98. The molecular weight excluding hydrogens is 371 g/mol. The molecule has 2 aromatic carbocycles. The molecule has 0 spiro atoms. The zero-order valence-corrected chi connectivity index (χ0v) is 15.9. The summed E-state index contributed by atoms with van der Waals surface area (Å²) in [5, 5.41) is 2.05. The first-order chi connectivity index (χ1) is 12.1. The number of rotatable bonds is 2. The van der Waals surface area contributed by atoms with E-state index in [1.54, 1.807) is 11.3 Å². The van der Waals surface area contributed by atoms with Gasteiger partial charge in [-0.1, -0.05) is 71.7 Å². The molecule has 0 saturated heterocycles. The van der Waals surface area contributed by atoms with Crippen LogP contribution in [0.25, 0.3) is 0 Å². The van der Waals surface area contributed by atoms with E-state index < -0.39 is 9.93 Å². The Hall–Kier alpha value is -1.48. The smallest absolute Gasteiger partial charge is 0.183 e. The molecule has 0 radical (unpaired) electrons. The number of alkyl halides is 2. The maximum Gasteiger partial charge on any atom is 0.183 e. The minimum Gasteiger partial charge on any atom is -0.478 e. The second-order valence-corrected chi connectivity index (χ2v) is 9.12. The summed E-state index contributed by atoms with van der Waals surface area (Å²) in [5.74, 6) is 0.977. The van der Waals surface area contributed by atoms with Crippen LogP contribution in [0.15, 0.2) is 66.0 Å². The number of hydrogen-bond acceptors (Lipinski definition) is 2. The van der Waals surface area contributed by atoms with Gasteiger partial charge in [-0.2, -0.15) is 0 Å². The van der Waals surface area contributed by atoms with Gasteiger partial charge in [-0.15, -0.1) is 11.3 Å². The van der Waals surface area contributed by atoms with Gasteiger partial charge in [0, 0.05) is 11.5 Å². The molecule has 3 atom stereocenters. The molecule has 1 aliphatic heterocycles. The van der Waals surface area contributed by atoms with E-state index in [0.29, 0.717) is 0 Å². The first-order valence-corrected chi connectivity index (χ1v) is 9.96. The lowest BCUT2D eigenvalue weighted by molar-refractivity contribution is 0.141. The molecule has 2 aliphatic rings. The Balaban J connectivity index is 1.77. The number of thiophene rings is 1. The fourth-order valence-corrected chi connectivity index (χ4v) is 6.35. The number of halogens is 2. The average molecular weight is 387 g/mol. The molecule has 0 amide bonds. The Kier molecular flexibility index (Phi) is 3.31. The molecule has 0 N–H and O–H groups in total. The molecule has 2 heterocycles. The fraction of sp³-hybridized carbons (Fsp3) is 0.238. The SMILES string of the molecule is Cc1ccccc1[C@H]1c2ccccc2O[C@@]2(c3cccs3)[C@H]1C2(Cl)Cl. The van der Waals surface area contributed by atoms with Crippen molar-refractivity contribution in [2.75, 3.05) is 0 Å². The van der Waals surface area contributed by atoms with Crippen molar-refractivity contribution in [3.63, 3.8) is 0 Å². The molecule has 1 aliphatic carbocycles. The van der Waals surface area contributed by atoms with Gasteiger partial charge in [-0.25, -0.2) is 0 Å². The zero-order chi connectivity index (χ0) is 17.2. The lowest BCUT2D eigenvalue weighted by Gasteiger charge is -2.31. The zero-order valence-electron chi connectivity index (χ0n) is 13.6. The highest BCUT2D eigenvalue weighted by Gasteiger charge is 2.84. The van der Waals surface area contributed by atoms with Crippen LogP contribution in [-0.4, -0.2) is 4.33 Å². The first-order valence-electron chi connectivity index (χ1n) is 8.32. The number of para-hydroxylation sites is 1. The van der Waals surface area contributed by atoms with Crippen molar-refractivity contribution >= 4 is 34.5 Å². The summed E-state index contributed by atoms with van der Waals surface area (Å²) in [7, 11) is 0. The van der Waals surface area contributed by atoms with Crippen LogP contribution >= 0.6 is 34.5 Å². The highest BCUT2D eigenvalue weighted by Crippen LogP contribution is 2.77. The van der Waals surface area contributed by atoms with Crippen molar-refractivity contribution in [1.82, 2.24) is 0 Å². The molecule has 0 unspecified atom stereocenters. The van der Waals surface area contributed by atoms with Crippen molar-refractivity contribution in [2.45, 2.75) is 22.8 Å². The third kappa shape index (κ3) is 1.96. The maximum absolute atomic E-state index is 6.90. The first kappa shape index (κ1) is 15.7. The quantitative estimate of drug-likeness (QED) is 0.470. The van der Waals surface area contributed by atoms with Gasteiger partial charge in [0.1, 0.15) is 5.75 Å². The van der Waals surface area contributed by atoms with E-state index in [1.807, 2.05) is 18.2 Å². The van der Waals surface area contributed by atoms with Crippen LogP contribution in [0.5, 0.6) is 5.75 Å². The van der Waals surface area contributed by atoms with Gasteiger partial charge in [0.2, 0.25) is 0 Å².